The molecule has 1 aromatic rings. The summed E-state index contributed by atoms with van der Waals surface area (Å²) < 4.78 is 0. The first-order valence-electron chi connectivity index (χ1n) is 10.7. The number of aromatic nitrogens is 2. The van der Waals surface area contributed by atoms with E-state index < -0.39 is 0 Å². The van der Waals surface area contributed by atoms with Crippen LogP contribution in [-0.4, -0.2) is 59.3 Å². The van der Waals surface area contributed by atoms with Gasteiger partial charge in [-0.25, -0.2) is 0 Å². The highest BCUT2D eigenvalue weighted by molar-refractivity contribution is 5.81. The van der Waals surface area contributed by atoms with Gasteiger partial charge in [0.25, 0.3) is 0 Å². The molecular formula is C21H32N6O. The van der Waals surface area contributed by atoms with Crippen LogP contribution in [0.2, 0.25) is 0 Å². The van der Waals surface area contributed by atoms with Gasteiger partial charge in [0.2, 0.25) is 5.91 Å². The van der Waals surface area contributed by atoms with Crippen LogP contribution in [0.4, 0.5) is 5.82 Å². The van der Waals surface area contributed by atoms with Gasteiger partial charge < -0.3 is 10.2 Å². The molecule has 1 amide bonds. The molecule has 1 atom stereocenters. The second-order valence-electron chi connectivity index (χ2n) is 7.83. The van der Waals surface area contributed by atoms with E-state index in [0.29, 0.717) is 17.4 Å². The number of hydrogen-bond donors (Lipinski definition) is 1. The molecule has 1 aliphatic carbocycles. The molecule has 2 fully saturated rings. The molecule has 7 heteroatoms. The lowest BCUT2D eigenvalue weighted by atomic mass is 10.0. The van der Waals surface area contributed by atoms with Gasteiger partial charge in [-0.05, 0) is 38.2 Å². The Morgan fingerprint density at radius 2 is 1.86 bits per heavy atom. The van der Waals surface area contributed by atoms with Crippen LogP contribution in [0.3, 0.4) is 0 Å². The lowest BCUT2D eigenvalue weighted by molar-refractivity contribution is -0.126. The maximum absolute atomic E-state index is 12.6. The van der Waals surface area contributed by atoms with E-state index in [2.05, 4.69) is 38.3 Å². The molecular weight excluding hydrogens is 352 g/mol. The predicted molar refractivity (Wildman–Crippen MR) is 109 cm³/mol. The quantitative estimate of drug-likeness (QED) is 0.808. The molecule has 0 spiro atoms. The van der Waals surface area contributed by atoms with Crippen molar-refractivity contribution in [1.82, 2.24) is 20.4 Å². The Labute approximate surface area is 168 Å². The second kappa shape index (κ2) is 9.33. The molecule has 1 aromatic heterocycles. The van der Waals surface area contributed by atoms with Gasteiger partial charge in [-0.2, -0.15) is 10.4 Å². The number of anilines is 1. The van der Waals surface area contributed by atoms with Gasteiger partial charge in [0.15, 0.2) is 5.82 Å². The fourth-order valence-electron chi connectivity index (χ4n) is 4.38. The van der Waals surface area contributed by atoms with E-state index in [4.69, 9.17) is 0 Å². The molecule has 2 aliphatic rings. The lowest BCUT2D eigenvalue weighted by Gasteiger charge is -2.38. The molecule has 7 nitrogen and oxygen atoms in total. The Morgan fingerprint density at radius 3 is 2.43 bits per heavy atom. The van der Waals surface area contributed by atoms with Crippen LogP contribution in [0.15, 0.2) is 0 Å². The van der Waals surface area contributed by atoms with Crippen LogP contribution >= 0.6 is 0 Å². The minimum absolute atomic E-state index is 0.127. The van der Waals surface area contributed by atoms with Crippen molar-refractivity contribution in [3.63, 3.8) is 0 Å². The van der Waals surface area contributed by atoms with Gasteiger partial charge in [0.1, 0.15) is 11.6 Å². The fraction of sp³-hybridized carbons (Fsp3) is 0.714. The van der Waals surface area contributed by atoms with E-state index in [1.165, 1.54) is 12.8 Å². The fourth-order valence-corrected chi connectivity index (χ4v) is 4.38. The second-order valence-corrected chi connectivity index (χ2v) is 7.83. The highest BCUT2D eigenvalue weighted by atomic mass is 16.2. The number of aryl methyl sites for hydroxylation is 1. The first-order valence-corrected chi connectivity index (χ1v) is 10.7. The van der Waals surface area contributed by atoms with E-state index in [9.17, 15) is 10.1 Å². The number of carbonyl (C=O) groups excluding carboxylic acids is 1. The summed E-state index contributed by atoms with van der Waals surface area (Å²) in [6.45, 7) is 9.15. The van der Waals surface area contributed by atoms with Gasteiger partial charge in [0, 0.05) is 32.2 Å². The molecule has 28 heavy (non-hydrogen) atoms. The Hall–Kier alpha value is -2.20. The molecule has 152 valence electrons. The SMILES string of the molecule is CCc1nnc(N2CCN(C(C)C(=O)NC3CCCC3)CC2)c(C#N)c1CC. The Kier molecular flexibility index (Phi) is 6.84. The largest absolute Gasteiger partial charge is 0.352 e. The van der Waals surface area contributed by atoms with E-state index in [1.54, 1.807) is 0 Å². The number of hydrogen-bond acceptors (Lipinski definition) is 6. The van der Waals surface area contributed by atoms with Gasteiger partial charge >= 0.3 is 0 Å². The number of nitrogens with zero attached hydrogens (tertiary/aromatic N) is 5. The summed E-state index contributed by atoms with van der Waals surface area (Å²) >= 11 is 0. The van der Waals surface area contributed by atoms with Crippen LogP contribution in [0.25, 0.3) is 0 Å². The van der Waals surface area contributed by atoms with Crippen molar-refractivity contribution in [2.24, 2.45) is 0 Å². The molecule has 2 heterocycles. The van der Waals surface area contributed by atoms with Crippen molar-refractivity contribution in [2.45, 2.75) is 71.4 Å². The molecule has 1 saturated heterocycles. The number of nitriles is 1. The Bertz CT molecular complexity index is 729. The Balaban J connectivity index is 1.63. The average Bonchev–Trinajstić information content (AvgIpc) is 3.25. The number of nitrogens with one attached hydrogen (secondary N) is 1. The minimum Gasteiger partial charge on any atom is -0.352 e. The van der Waals surface area contributed by atoms with Crippen LogP contribution in [0.1, 0.15) is 63.3 Å². The lowest BCUT2D eigenvalue weighted by Crippen LogP contribution is -2.55. The van der Waals surface area contributed by atoms with Crippen molar-refractivity contribution >= 4 is 11.7 Å². The summed E-state index contributed by atoms with van der Waals surface area (Å²) in [5.41, 5.74) is 2.59. The molecule has 1 unspecified atom stereocenters. The topological polar surface area (TPSA) is 85.2 Å². The predicted octanol–water partition coefficient (Wildman–Crippen LogP) is 2.04. The van der Waals surface area contributed by atoms with E-state index in [-0.39, 0.29) is 11.9 Å². The third kappa shape index (κ3) is 4.27. The minimum atomic E-state index is -0.127. The molecule has 3 rings (SSSR count). The Morgan fingerprint density at radius 1 is 1.18 bits per heavy atom. The third-order valence-corrected chi connectivity index (χ3v) is 6.18. The van der Waals surface area contributed by atoms with Gasteiger partial charge in [-0.1, -0.05) is 26.7 Å². The van der Waals surface area contributed by atoms with Crippen LogP contribution in [0.5, 0.6) is 0 Å². The zero-order valence-corrected chi connectivity index (χ0v) is 17.4. The zero-order valence-electron chi connectivity index (χ0n) is 17.4. The van der Waals surface area contributed by atoms with Crippen molar-refractivity contribution in [3.8, 4) is 6.07 Å². The number of piperazine rings is 1. The highest BCUT2D eigenvalue weighted by Crippen LogP contribution is 2.25. The highest BCUT2D eigenvalue weighted by Gasteiger charge is 2.29. The van der Waals surface area contributed by atoms with Crippen LogP contribution in [0, 0.1) is 11.3 Å². The normalized spacial score (nSPS) is 19.4. The van der Waals surface area contributed by atoms with Crippen LogP contribution in [-0.2, 0) is 17.6 Å². The zero-order chi connectivity index (χ0) is 20.1. The third-order valence-electron chi connectivity index (χ3n) is 6.18. The summed E-state index contributed by atoms with van der Waals surface area (Å²) in [4.78, 5) is 16.9. The van der Waals surface area contributed by atoms with Gasteiger partial charge in [0.05, 0.1) is 11.7 Å². The summed E-state index contributed by atoms with van der Waals surface area (Å²) in [7, 11) is 0. The maximum atomic E-state index is 12.6. The molecule has 0 radical (unpaired) electrons. The first kappa shape index (κ1) is 20.5. The van der Waals surface area contributed by atoms with Crippen molar-refractivity contribution in [1.29, 1.82) is 5.26 Å². The molecule has 0 bridgehead atoms. The smallest absolute Gasteiger partial charge is 0.237 e. The van der Waals surface area contributed by atoms with Crippen molar-refractivity contribution in [3.05, 3.63) is 16.8 Å². The summed E-state index contributed by atoms with van der Waals surface area (Å²) in [6.07, 6.45) is 6.22. The van der Waals surface area contributed by atoms with Crippen LogP contribution < -0.4 is 10.2 Å². The molecule has 1 N–H and O–H groups in total. The number of amides is 1. The van der Waals surface area contributed by atoms with Crippen molar-refractivity contribution < 1.29 is 4.79 Å². The number of rotatable bonds is 6. The molecule has 0 aromatic carbocycles. The first-order chi connectivity index (χ1) is 13.6. The summed E-state index contributed by atoms with van der Waals surface area (Å²) in [5, 5.41) is 21.7. The van der Waals surface area contributed by atoms with Gasteiger partial charge in [-0.3, -0.25) is 9.69 Å². The van der Waals surface area contributed by atoms with Crippen molar-refractivity contribution in [2.75, 3.05) is 31.1 Å². The van der Waals surface area contributed by atoms with Gasteiger partial charge in [-0.15, -0.1) is 5.10 Å². The average molecular weight is 385 g/mol. The molecule has 1 aliphatic heterocycles. The van der Waals surface area contributed by atoms with E-state index >= 15 is 0 Å². The standard InChI is InChI=1S/C21H32N6O/c1-4-17-18(14-22)20(25-24-19(17)5-2)27-12-10-26(11-13-27)15(3)21(28)23-16-8-6-7-9-16/h15-16H,4-13H2,1-3H3,(H,23,28). The van der Waals surface area contributed by atoms with E-state index in [0.717, 1.165) is 63.1 Å². The monoisotopic (exact) mass is 384 g/mol. The van der Waals surface area contributed by atoms with E-state index in [1.807, 2.05) is 13.8 Å². The summed E-state index contributed by atoms with van der Waals surface area (Å²) in [6, 6.07) is 2.59. The maximum Gasteiger partial charge on any atom is 0.237 e. The summed E-state index contributed by atoms with van der Waals surface area (Å²) in [5.74, 6) is 0.831. The molecule has 1 saturated carbocycles. The number of carbonyl (C=O) groups is 1.